The molecular formula is C71H94N8O12. The molecule has 6 rings (SSSR count). The van der Waals surface area contributed by atoms with Crippen molar-refractivity contribution in [1.82, 2.24) is 36.3 Å². The molecule has 0 radical (unpaired) electrons. The number of amides is 4. The Morgan fingerprint density at radius 3 is 1.95 bits per heavy atom. The first kappa shape index (κ1) is 73.1. The summed E-state index contributed by atoms with van der Waals surface area (Å²) < 4.78 is 5.67. The Balaban J connectivity index is 0.00000744. The fourth-order valence-corrected chi connectivity index (χ4v) is 11.3. The second kappa shape index (κ2) is 33.4. The number of rotatable bonds is 30. The highest BCUT2D eigenvalue weighted by Gasteiger charge is 2.42. The minimum absolute atomic E-state index is 0.0730. The van der Waals surface area contributed by atoms with E-state index in [0.29, 0.717) is 53.2 Å². The van der Waals surface area contributed by atoms with Crippen LogP contribution in [0, 0.1) is 23.2 Å². The van der Waals surface area contributed by atoms with Crippen LogP contribution in [0.4, 0.5) is 5.69 Å². The van der Waals surface area contributed by atoms with E-state index in [1.165, 1.54) is 11.8 Å². The summed E-state index contributed by atoms with van der Waals surface area (Å²) in [6.45, 7) is 22.4. The smallest absolute Gasteiger partial charge is 0.331 e. The third-order valence-electron chi connectivity index (χ3n) is 16.7. The summed E-state index contributed by atoms with van der Waals surface area (Å²) in [7, 11) is 3.27. The molecule has 0 spiro atoms. The predicted octanol–water partition coefficient (Wildman–Crippen LogP) is 10.2. The van der Waals surface area contributed by atoms with Crippen LogP contribution >= 0.6 is 0 Å². The van der Waals surface area contributed by atoms with E-state index in [-0.39, 0.29) is 86.6 Å². The number of carbonyl (C=O) groups excluding carboxylic acids is 7. The fraction of sp³-hybridized carbons (Fsp3) is 0.479. The zero-order valence-corrected chi connectivity index (χ0v) is 55.4. The molecule has 1 aliphatic heterocycles. The number of Topliss-reactive ketones (excluding diaryl/α,β-unsaturated/α-hetero) is 2. The number of nitrogens with one attached hydrogen (secondary N) is 4. The van der Waals surface area contributed by atoms with Gasteiger partial charge >= 0.3 is 17.9 Å². The van der Waals surface area contributed by atoms with E-state index in [0.717, 1.165) is 22.3 Å². The lowest BCUT2D eigenvalue weighted by atomic mass is 9.76. The summed E-state index contributed by atoms with van der Waals surface area (Å²) in [5, 5.41) is 39.6. The number of H-pyrrole nitrogens is 1. The molecule has 0 bridgehead atoms. The zero-order chi connectivity index (χ0) is 67.5. The van der Waals surface area contributed by atoms with E-state index in [2.05, 4.69) is 31.4 Å². The van der Waals surface area contributed by atoms with Gasteiger partial charge in [-0.25, -0.2) is 4.79 Å². The highest BCUT2D eigenvalue weighted by molar-refractivity contribution is 6.00. The molecule has 4 amide bonds. The lowest BCUT2D eigenvalue weighted by Crippen LogP contribution is -2.61. The molecule has 0 saturated carbocycles. The predicted molar refractivity (Wildman–Crippen MR) is 350 cm³/mol. The molecule has 4 aromatic carbocycles. The van der Waals surface area contributed by atoms with Crippen LogP contribution in [-0.4, -0.2) is 122 Å². The van der Waals surface area contributed by atoms with E-state index in [4.69, 9.17) is 4.74 Å². The fourth-order valence-electron chi connectivity index (χ4n) is 11.3. The van der Waals surface area contributed by atoms with Crippen molar-refractivity contribution in [2.75, 3.05) is 19.0 Å². The molecule has 20 nitrogen and oxygen atoms in total. The van der Waals surface area contributed by atoms with E-state index in [1.54, 1.807) is 61.5 Å². The number of unbranched alkanes of at least 4 members (excludes halogenated alkanes) is 1. The van der Waals surface area contributed by atoms with Gasteiger partial charge in [-0.15, -0.1) is 0 Å². The Morgan fingerprint density at radius 1 is 0.714 bits per heavy atom. The molecule has 0 unspecified atom stereocenters. The molecule has 6 N–H and O–H groups in total. The number of ketones is 2. The number of benzene rings is 4. The molecule has 20 heteroatoms. The number of hydrogen-bond acceptors (Lipinski definition) is 13. The molecule has 0 saturated heterocycles. The van der Waals surface area contributed by atoms with Crippen LogP contribution in [0.5, 0.6) is 0 Å². The number of anilines is 1. The van der Waals surface area contributed by atoms with Crippen molar-refractivity contribution in [1.29, 1.82) is 0 Å². The molecule has 1 aromatic heterocycles. The Hall–Kier alpha value is -8.65. The van der Waals surface area contributed by atoms with Gasteiger partial charge in [-0.1, -0.05) is 173 Å². The molecule has 91 heavy (non-hydrogen) atoms. The maximum Gasteiger partial charge on any atom is 0.331 e. The van der Waals surface area contributed by atoms with Crippen LogP contribution in [0.1, 0.15) is 156 Å². The summed E-state index contributed by atoms with van der Waals surface area (Å²) in [5.74, 6) is -5.95. The van der Waals surface area contributed by atoms with Crippen LogP contribution in [0.15, 0.2) is 109 Å². The number of fused-ring (bicyclic) bond motifs is 5. The van der Waals surface area contributed by atoms with Crippen molar-refractivity contribution < 1.29 is 58.1 Å². The second-order valence-corrected chi connectivity index (χ2v) is 25.6. The van der Waals surface area contributed by atoms with E-state index >= 15 is 0 Å². The number of aromatic amines is 1. The molecule has 0 aliphatic carbocycles. The van der Waals surface area contributed by atoms with Crippen molar-refractivity contribution in [3.8, 4) is 22.5 Å². The van der Waals surface area contributed by atoms with Crippen LogP contribution in [0.3, 0.4) is 0 Å². The number of carbonyl (C=O) groups is 9. The monoisotopic (exact) mass is 1250 g/mol. The van der Waals surface area contributed by atoms with Crippen molar-refractivity contribution in [2.45, 2.75) is 184 Å². The molecule has 5 aromatic rings. The highest BCUT2D eigenvalue weighted by atomic mass is 16.5. The highest BCUT2D eigenvalue weighted by Crippen LogP contribution is 2.40. The Morgan fingerprint density at radius 2 is 1.33 bits per heavy atom. The Bertz CT molecular complexity index is 3400. The van der Waals surface area contributed by atoms with Gasteiger partial charge in [0.1, 0.15) is 29.8 Å². The van der Waals surface area contributed by atoms with Crippen molar-refractivity contribution in [3.05, 3.63) is 137 Å². The number of aliphatic carboxylic acids is 2. The summed E-state index contributed by atoms with van der Waals surface area (Å²) >= 11 is 0. The number of carboxylic acids is 2. The lowest BCUT2D eigenvalue weighted by Gasteiger charge is -2.40. The summed E-state index contributed by atoms with van der Waals surface area (Å²) in [4.78, 5) is 124. The van der Waals surface area contributed by atoms with Crippen LogP contribution in [0.25, 0.3) is 22.5 Å². The normalized spacial score (nSPS) is 13.9. The molecule has 1 aliphatic rings. The van der Waals surface area contributed by atoms with Gasteiger partial charge in [0, 0.05) is 67.2 Å². The Labute approximate surface area is 535 Å². The quantitative estimate of drug-likeness (QED) is 0.0142. The summed E-state index contributed by atoms with van der Waals surface area (Å²) in [6.07, 6.45) is 1.87. The first-order chi connectivity index (χ1) is 43.0. The van der Waals surface area contributed by atoms with Gasteiger partial charge in [0.15, 0.2) is 5.78 Å². The van der Waals surface area contributed by atoms with Gasteiger partial charge in [-0.2, -0.15) is 15.4 Å². The molecule has 490 valence electrons. The van der Waals surface area contributed by atoms with Gasteiger partial charge in [-0.05, 0) is 84.4 Å². The first-order valence-corrected chi connectivity index (χ1v) is 31.5. The number of ether oxygens (including phenoxy) is 1. The lowest BCUT2D eigenvalue weighted by molar-refractivity contribution is -0.144. The molecule has 5 atom stereocenters. The largest absolute Gasteiger partial charge is 0.481 e. The maximum atomic E-state index is 14.3. The standard InChI is InChI=1S/C69H88N8O12.C2H6/c1-41(2)52(38-49(78)23-14-18-27-57(80)77-39-47-21-13-15-24-50(47)60-61(74-75-73-60)51-25-16-17-26-54(51)77)64(84)71-53(32-33-58(81)82)56(79)36-44-28-30-45(31-29-44)40-89-59(83)37-46-20-19-22-48(35-46)69(9,10)62(70-11)65(85)72-63(68(6,7)8)66(86)76(12)55(42(3)4)34-43(5)67(87)88;1-2/h13,15-17,19-22,24-26,28-31,34-35,41-42,52-53,55,62-63,70H,14,18,23,27,32-33,36-40H2,1-12H3,(H,71,84)(H,72,85)(H,81,82)(H,87,88)(H,73,74,75);1-2H3/b43-34+;/t52-,53-,55+,62+,63+;/m0./s1. The van der Waals surface area contributed by atoms with Crippen LogP contribution in [-0.2, 0) is 79.3 Å². The van der Waals surface area contributed by atoms with Crippen molar-refractivity contribution >= 4 is 58.8 Å². The van der Waals surface area contributed by atoms with Gasteiger partial charge < -0.3 is 40.7 Å². The van der Waals surface area contributed by atoms with Crippen LogP contribution in [0.2, 0.25) is 0 Å². The minimum atomic E-state index is -1.14. The average Bonchev–Trinajstić information content (AvgIpc) is 1.78. The zero-order valence-electron chi connectivity index (χ0n) is 55.4. The van der Waals surface area contributed by atoms with Crippen molar-refractivity contribution in [2.24, 2.45) is 23.2 Å². The summed E-state index contributed by atoms with van der Waals surface area (Å²) in [6, 6.07) is 25.9. The minimum Gasteiger partial charge on any atom is -0.481 e. The van der Waals surface area contributed by atoms with E-state index < -0.39 is 76.4 Å². The first-order valence-electron chi connectivity index (χ1n) is 31.5. The molecular weight excluding hydrogens is 1160 g/mol. The SMILES string of the molecule is CC.CN[C@H](C(=O)N[C@H](C(=O)N(C)[C@H](/C=C(\C)C(=O)O)C(C)C)C(C)(C)C)C(C)(C)c1cccc(CC(=O)OCc2ccc(CC(=O)[C@H](CCC(=O)O)NC(=O)[C@@H](CC(=O)CCCCC(=O)N3Cc4ccccc4-c4n[nH]nc4-c4ccccc43)C(C)C)cc2)c1. The van der Waals surface area contributed by atoms with Gasteiger partial charge in [0.2, 0.25) is 23.6 Å². The molecule has 2 heterocycles. The molecule has 0 fully saturated rings. The average molecular weight is 1250 g/mol. The number of carboxylic acid groups (broad SMARTS) is 2. The Kier molecular flexibility index (Phi) is 26.8. The van der Waals surface area contributed by atoms with E-state index in [1.807, 2.05) is 137 Å². The van der Waals surface area contributed by atoms with Gasteiger partial charge in [0.25, 0.3) is 0 Å². The topological polar surface area (TPSA) is 287 Å². The summed E-state index contributed by atoms with van der Waals surface area (Å²) in [5.41, 5.74) is 5.75. The maximum absolute atomic E-state index is 14.3. The van der Waals surface area contributed by atoms with Crippen molar-refractivity contribution in [3.63, 3.8) is 0 Å². The number of likely N-dealkylation sites (N-methyl/N-ethyl adjacent to an activating group) is 2. The third kappa shape index (κ3) is 19.9. The van der Waals surface area contributed by atoms with Gasteiger partial charge in [0.05, 0.1) is 36.8 Å². The van der Waals surface area contributed by atoms with E-state index in [9.17, 15) is 53.4 Å². The second-order valence-electron chi connectivity index (χ2n) is 25.6. The van der Waals surface area contributed by atoms with Gasteiger partial charge in [-0.3, -0.25) is 38.4 Å². The number of aromatic nitrogens is 3. The third-order valence-corrected chi connectivity index (χ3v) is 16.7. The number of nitrogens with zero attached hydrogens (tertiary/aromatic N) is 4. The number of hydrogen-bond donors (Lipinski definition) is 6. The number of para-hydroxylation sites is 1. The number of esters is 1. The van der Waals surface area contributed by atoms with Crippen LogP contribution < -0.4 is 20.9 Å².